The van der Waals surface area contributed by atoms with Gasteiger partial charge in [0, 0.05) is 24.0 Å². The molecule has 2 fully saturated rings. The van der Waals surface area contributed by atoms with Crippen LogP contribution in [0.4, 0.5) is 0 Å². The van der Waals surface area contributed by atoms with Crippen LogP contribution in [0.3, 0.4) is 0 Å². The molecule has 2 bridgehead atoms. The minimum atomic E-state index is 0.510. The summed E-state index contributed by atoms with van der Waals surface area (Å²) in [7, 11) is 0. The Kier molecular flexibility index (Phi) is 1.91. The Hall–Kier alpha value is -0.760. The van der Waals surface area contributed by atoms with Crippen LogP contribution in [0.15, 0.2) is 18.3 Å². The van der Waals surface area contributed by atoms with E-state index in [1.165, 1.54) is 37.8 Å². The number of aromatic nitrogens is 1. The summed E-state index contributed by atoms with van der Waals surface area (Å²) in [5.41, 5.74) is 1.82. The molecule has 1 aromatic rings. The van der Waals surface area contributed by atoms with E-state index in [0.717, 1.165) is 12.5 Å². The van der Waals surface area contributed by atoms with Crippen molar-refractivity contribution < 1.29 is 0 Å². The summed E-state index contributed by atoms with van der Waals surface area (Å²) in [4.78, 5) is 3.25. The van der Waals surface area contributed by atoms with Crippen molar-refractivity contribution in [2.24, 2.45) is 5.92 Å². The molecule has 3 rings (SSSR count). The van der Waals surface area contributed by atoms with Gasteiger partial charge in [-0.3, -0.25) is 0 Å². The standard InChI is InChI=1S/C12H18N2/c1-2-11(13-7-1)9-14-12-5-3-10(8-12)4-6-12/h1-2,7,10,13-14H,3-6,8-9H2. The van der Waals surface area contributed by atoms with Crippen molar-refractivity contribution in [1.29, 1.82) is 0 Å². The van der Waals surface area contributed by atoms with Gasteiger partial charge in [-0.05, 0) is 50.2 Å². The molecule has 2 N–H and O–H groups in total. The van der Waals surface area contributed by atoms with Crippen LogP contribution in [0, 0.1) is 5.92 Å². The van der Waals surface area contributed by atoms with Crippen LogP contribution < -0.4 is 5.32 Å². The fourth-order valence-electron chi connectivity index (χ4n) is 3.20. The van der Waals surface area contributed by atoms with Gasteiger partial charge in [-0.1, -0.05) is 0 Å². The van der Waals surface area contributed by atoms with E-state index < -0.39 is 0 Å². The Balaban J connectivity index is 1.62. The van der Waals surface area contributed by atoms with E-state index in [0.29, 0.717) is 5.54 Å². The highest BCUT2D eigenvalue weighted by Crippen LogP contribution is 2.47. The number of aromatic amines is 1. The molecule has 2 aliphatic carbocycles. The van der Waals surface area contributed by atoms with Crippen molar-refractivity contribution >= 4 is 0 Å². The summed E-state index contributed by atoms with van der Waals surface area (Å²) < 4.78 is 0. The molecule has 0 unspecified atom stereocenters. The molecule has 0 atom stereocenters. The van der Waals surface area contributed by atoms with Crippen LogP contribution >= 0.6 is 0 Å². The van der Waals surface area contributed by atoms with Crippen LogP contribution in [0.5, 0.6) is 0 Å². The topological polar surface area (TPSA) is 27.8 Å². The maximum absolute atomic E-state index is 3.76. The fourth-order valence-corrected chi connectivity index (χ4v) is 3.20. The summed E-state index contributed by atoms with van der Waals surface area (Å²) in [6.45, 7) is 1.01. The normalized spacial score (nSPS) is 35.3. The van der Waals surface area contributed by atoms with E-state index in [-0.39, 0.29) is 0 Å². The minimum absolute atomic E-state index is 0.510. The Labute approximate surface area is 85.1 Å². The summed E-state index contributed by atoms with van der Waals surface area (Å²) in [6, 6.07) is 4.23. The Morgan fingerprint density at radius 2 is 2.29 bits per heavy atom. The van der Waals surface area contributed by atoms with Crippen LogP contribution in [0.2, 0.25) is 0 Å². The third-order valence-corrected chi connectivity index (χ3v) is 4.06. The lowest BCUT2D eigenvalue weighted by molar-refractivity contribution is 0.324. The maximum Gasteiger partial charge on any atom is 0.0362 e. The molecule has 0 aromatic carbocycles. The predicted octanol–water partition coefficient (Wildman–Crippen LogP) is 2.44. The smallest absolute Gasteiger partial charge is 0.0362 e. The zero-order valence-corrected chi connectivity index (χ0v) is 8.55. The first-order valence-electron chi connectivity index (χ1n) is 5.74. The highest BCUT2D eigenvalue weighted by Gasteiger charge is 2.44. The second kappa shape index (κ2) is 3.13. The van der Waals surface area contributed by atoms with Crippen molar-refractivity contribution in [1.82, 2.24) is 10.3 Å². The van der Waals surface area contributed by atoms with Gasteiger partial charge in [0.1, 0.15) is 0 Å². The molecule has 1 heterocycles. The van der Waals surface area contributed by atoms with Gasteiger partial charge >= 0.3 is 0 Å². The van der Waals surface area contributed by atoms with Crippen LogP contribution in [0.25, 0.3) is 0 Å². The highest BCUT2D eigenvalue weighted by molar-refractivity contribution is 5.07. The molecule has 0 radical (unpaired) electrons. The van der Waals surface area contributed by atoms with Gasteiger partial charge in [0.15, 0.2) is 0 Å². The molecule has 2 heteroatoms. The maximum atomic E-state index is 3.76. The lowest BCUT2D eigenvalue weighted by atomic mass is 9.94. The molecule has 0 amide bonds. The molecule has 2 nitrogen and oxygen atoms in total. The Morgan fingerprint density at radius 3 is 2.86 bits per heavy atom. The van der Waals surface area contributed by atoms with Crippen molar-refractivity contribution in [2.45, 2.75) is 44.2 Å². The second-order valence-corrected chi connectivity index (χ2v) is 4.98. The summed E-state index contributed by atoms with van der Waals surface area (Å²) in [6.07, 6.45) is 9.14. The molecule has 14 heavy (non-hydrogen) atoms. The van der Waals surface area contributed by atoms with Gasteiger partial charge in [-0.25, -0.2) is 0 Å². The zero-order valence-electron chi connectivity index (χ0n) is 8.55. The lowest BCUT2D eigenvalue weighted by Gasteiger charge is -2.27. The van der Waals surface area contributed by atoms with Gasteiger partial charge in [0.2, 0.25) is 0 Å². The van der Waals surface area contributed by atoms with E-state index >= 15 is 0 Å². The Morgan fingerprint density at radius 1 is 1.43 bits per heavy atom. The van der Waals surface area contributed by atoms with Gasteiger partial charge in [0.05, 0.1) is 0 Å². The quantitative estimate of drug-likeness (QED) is 0.752. The number of H-pyrrole nitrogens is 1. The van der Waals surface area contributed by atoms with E-state index in [9.17, 15) is 0 Å². The third-order valence-electron chi connectivity index (χ3n) is 4.06. The first kappa shape index (κ1) is 8.54. The first-order valence-corrected chi connectivity index (χ1v) is 5.74. The van der Waals surface area contributed by atoms with Crippen molar-refractivity contribution in [3.8, 4) is 0 Å². The largest absolute Gasteiger partial charge is 0.364 e. The molecule has 2 saturated carbocycles. The van der Waals surface area contributed by atoms with Crippen molar-refractivity contribution in [2.75, 3.05) is 0 Å². The van der Waals surface area contributed by atoms with Crippen LogP contribution in [0.1, 0.15) is 37.8 Å². The first-order chi connectivity index (χ1) is 6.86. The molecular formula is C12H18N2. The minimum Gasteiger partial charge on any atom is -0.364 e. The average Bonchev–Trinajstić information content (AvgIpc) is 2.93. The lowest BCUT2D eigenvalue weighted by Crippen LogP contribution is -2.40. The molecule has 76 valence electrons. The number of hydrogen-bond acceptors (Lipinski definition) is 1. The van der Waals surface area contributed by atoms with E-state index in [1.54, 1.807) is 0 Å². The van der Waals surface area contributed by atoms with Crippen LogP contribution in [-0.2, 0) is 6.54 Å². The van der Waals surface area contributed by atoms with Gasteiger partial charge in [0.25, 0.3) is 0 Å². The fraction of sp³-hybridized carbons (Fsp3) is 0.667. The van der Waals surface area contributed by atoms with Crippen molar-refractivity contribution in [3.05, 3.63) is 24.0 Å². The number of rotatable bonds is 3. The summed E-state index contributed by atoms with van der Waals surface area (Å²) in [5, 5.41) is 3.76. The molecule has 0 spiro atoms. The highest BCUT2D eigenvalue weighted by atomic mass is 15.0. The molecule has 1 aromatic heterocycles. The van der Waals surface area contributed by atoms with Crippen LogP contribution in [-0.4, -0.2) is 10.5 Å². The van der Waals surface area contributed by atoms with E-state index in [2.05, 4.69) is 22.4 Å². The van der Waals surface area contributed by atoms with Gasteiger partial charge < -0.3 is 10.3 Å². The third kappa shape index (κ3) is 1.38. The monoisotopic (exact) mass is 190 g/mol. The number of nitrogens with one attached hydrogen (secondary N) is 2. The van der Waals surface area contributed by atoms with E-state index in [1.807, 2.05) is 6.20 Å². The number of fused-ring (bicyclic) bond motifs is 2. The molecule has 2 aliphatic rings. The average molecular weight is 190 g/mol. The summed E-state index contributed by atoms with van der Waals surface area (Å²) >= 11 is 0. The molecule has 0 aliphatic heterocycles. The van der Waals surface area contributed by atoms with E-state index in [4.69, 9.17) is 0 Å². The van der Waals surface area contributed by atoms with Gasteiger partial charge in [-0.15, -0.1) is 0 Å². The predicted molar refractivity (Wildman–Crippen MR) is 56.9 cm³/mol. The van der Waals surface area contributed by atoms with Crippen molar-refractivity contribution in [3.63, 3.8) is 0 Å². The van der Waals surface area contributed by atoms with Gasteiger partial charge in [-0.2, -0.15) is 0 Å². The second-order valence-electron chi connectivity index (χ2n) is 4.98. The summed E-state index contributed by atoms with van der Waals surface area (Å²) in [5.74, 6) is 1.03. The number of hydrogen-bond donors (Lipinski definition) is 2. The zero-order chi connectivity index (χ0) is 9.43. The Bertz CT molecular complexity index is 294. The molecule has 0 saturated heterocycles. The SMILES string of the molecule is c1c[nH]c(CNC23CCC(CC2)C3)c1. The molecular weight excluding hydrogens is 172 g/mol.